The summed E-state index contributed by atoms with van der Waals surface area (Å²) >= 11 is 0. The number of rotatable bonds is 8. The summed E-state index contributed by atoms with van der Waals surface area (Å²) in [5, 5.41) is 2.84. The van der Waals surface area contributed by atoms with E-state index in [4.69, 9.17) is 14.2 Å². The predicted molar refractivity (Wildman–Crippen MR) is 75.7 cm³/mol. The molecule has 3 atom stereocenters. The fourth-order valence-electron chi connectivity index (χ4n) is 3.43. The van der Waals surface area contributed by atoms with Gasteiger partial charge in [-0.1, -0.05) is 6.42 Å². The van der Waals surface area contributed by atoms with Crippen LogP contribution in [0.5, 0.6) is 0 Å². The van der Waals surface area contributed by atoms with Crippen LogP contribution in [0.4, 0.5) is 4.79 Å². The fourth-order valence-corrected chi connectivity index (χ4v) is 3.43. The second kappa shape index (κ2) is 8.22. The lowest BCUT2D eigenvalue weighted by Crippen LogP contribution is -2.32. The summed E-state index contributed by atoms with van der Waals surface area (Å²) in [6.45, 7) is 3.14. The van der Waals surface area contributed by atoms with Crippen LogP contribution in [0.15, 0.2) is 0 Å². The molecule has 2 aliphatic rings. The van der Waals surface area contributed by atoms with Crippen molar-refractivity contribution in [3.8, 4) is 0 Å². The van der Waals surface area contributed by atoms with Gasteiger partial charge in [-0.3, -0.25) is 4.79 Å². The molecule has 3 unspecified atom stereocenters. The maximum atomic E-state index is 11.5. The van der Waals surface area contributed by atoms with Crippen molar-refractivity contribution in [3.05, 3.63) is 0 Å². The number of nitrogens with one attached hydrogen (secondary N) is 1. The van der Waals surface area contributed by atoms with Crippen LogP contribution in [0.1, 0.15) is 32.6 Å². The van der Waals surface area contributed by atoms with Crippen molar-refractivity contribution in [1.82, 2.24) is 5.32 Å². The molecule has 2 rings (SSSR count). The van der Waals surface area contributed by atoms with E-state index in [2.05, 4.69) is 5.32 Å². The van der Waals surface area contributed by atoms with E-state index < -0.39 is 0 Å². The quantitative estimate of drug-likeness (QED) is 0.546. The van der Waals surface area contributed by atoms with Crippen molar-refractivity contribution >= 4 is 12.1 Å². The molecule has 0 aromatic heterocycles. The lowest BCUT2D eigenvalue weighted by Gasteiger charge is -2.21. The van der Waals surface area contributed by atoms with E-state index >= 15 is 0 Å². The first kappa shape index (κ1) is 16.1. The Morgan fingerprint density at radius 3 is 2.43 bits per heavy atom. The molecule has 0 aliphatic heterocycles. The highest BCUT2D eigenvalue weighted by molar-refractivity contribution is 5.67. The zero-order valence-corrected chi connectivity index (χ0v) is 12.6. The molecule has 2 saturated carbocycles. The normalized spacial score (nSPS) is 26.6. The highest BCUT2D eigenvalue weighted by Crippen LogP contribution is 2.47. The highest BCUT2D eigenvalue weighted by atomic mass is 16.6. The molecule has 0 heterocycles. The number of fused-ring (bicyclic) bond motifs is 2. The van der Waals surface area contributed by atoms with Gasteiger partial charge in [-0.2, -0.15) is 0 Å². The van der Waals surface area contributed by atoms with Crippen LogP contribution in [0.25, 0.3) is 0 Å². The lowest BCUT2D eigenvalue weighted by molar-refractivity contribution is -0.142. The first-order valence-electron chi connectivity index (χ1n) is 7.77. The zero-order valence-electron chi connectivity index (χ0n) is 12.6. The zero-order chi connectivity index (χ0) is 15.1. The van der Waals surface area contributed by atoms with Gasteiger partial charge in [-0.25, -0.2) is 4.79 Å². The summed E-state index contributed by atoms with van der Waals surface area (Å²) in [5.41, 5.74) is 0. The monoisotopic (exact) mass is 299 g/mol. The highest BCUT2D eigenvalue weighted by Gasteiger charge is 2.39. The van der Waals surface area contributed by atoms with Gasteiger partial charge in [-0.15, -0.1) is 0 Å². The van der Waals surface area contributed by atoms with Crippen LogP contribution in [-0.2, 0) is 19.0 Å². The Morgan fingerprint density at radius 1 is 1.05 bits per heavy atom. The minimum Gasteiger partial charge on any atom is -0.463 e. The second-order valence-electron chi connectivity index (χ2n) is 5.90. The van der Waals surface area contributed by atoms with E-state index in [1.807, 2.05) is 0 Å². The predicted octanol–water partition coefficient (Wildman–Crippen LogP) is 1.73. The molecule has 0 aromatic rings. The lowest BCUT2D eigenvalue weighted by atomic mass is 9.89. The average Bonchev–Trinajstić information content (AvgIpc) is 3.06. The summed E-state index contributed by atoms with van der Waals surface area (Å²) in [5.74, 6) is 2.01. The summed E-state index contributed by atoms with van der Waals surface area (Å²) < 4.78 is 14.9. The summed E-state index contributed by atoms with van der Waals surface area (Å²) in [6, 6.07) is 0. The Balaban J connectivity index is 1.42. The van der Waals surface area contributed by atoms with E-state index in [1.165, 1.54) is 32.6 Å². The van der Waals surface area contributed by atoms with E-state index in [-0.39, 0.29) is 25.3 Å². The summed E-state index contributed by atoms with van der Waals surface area (Å²) in [6.07, 6.45) is 4.92. The van der Waals surface area contributed by atoms with Crippen molar-refractivity contribution in [1.29, 1.82) is 0 Å². The molecule has 1 amide bonds. The standard InChI is InChI=1S/C15H25NO5/c1-11(17)20-6-4-19-5-7-21-15(18)16-10-14-9-12-2-3-13(14)8-12/h12-14H,2-10H2,1H3,(H,16,18). The summed E-state index contributed by atoms with van der Waals surface area (Å²) in [4.78, 5) is 22.0. The third kappa shape index (κ3) is 5.53. The Hall–Kier alpha value is -1.30. The Kier molecular flexibility index (Phi) is 6.29. The number of esters is 1. The van der Waals surface area contributed by atoms with Gasteiger partial charge in [0.1, 0.15) is 13.2 Å². The average molecular weight is 299 g/mol. The van der Waals surface area contributed by atoms with Crippen LogP contribution >= 0.6 is 0 Å². The van der Waals surface area contributed by atoms with E-state index in [0.29, 0.717) is 19.1 Å². The van der Waals surface area contributed by atoms with Gasteiger partial charge in [0.05, 0.1) is 13.2 Å². The molecule has 120 valence electrons. The largest absolute Gasteiger partial charge is 0.463 e. The number of ether oxygens (including phenoxy) is 3. The molecule has 0 saturated heterocycles. The van der Waals surface area contributed by atoms with Crippen LogP contribution in [0, 0.1) is 17.8 Å². The van der Waals surface area contributed by atoms with E-state index in [1.54, 1.807) is 0 Å². The number of carbonyl (C=O) groups excluding carboxylic acids is 2. The Bertz CT molecular complexity index is 360. The number of carbonyl (C=O) groups is 2. The van der Waals surface area contributed by atoms with Gasteiger partial charge < -0.3 is 19.5 Å². The molecule has 2 aliphatic carbocycles. The molecule has 0 spiro atoms. The third-order valence-electron chi connectivity index (χ3n) is 4.39. The van der Waals surface area contributed by atoms with Gasteiger partial charge in [0.15, 0.2) is 0 Å². The van der Waals surface area contributed by atoms with Crippen LogP contribution in [0.3, 0.4) is 0 Å². The van der Waals surface area contributed by atoms with Crippen LogP contribution in [-0.4, -0.2) is 45.0 Å². The molecule has 6 nitrogen and oxygen atoms in total. The second-order valence-corrected chi connectivity index (χ2v) is 5.90. The van der Waals surface area contributed by atoms with Crippen LogP contribution < -0.4 is 5.32 Å². The third-order valence-corrected chi connectivity index (χ3v) is 4.39. The van der Waals surface area contributed by atoms with Crippen LogP contribution in [0.2, 0.25) is 0 Å². The van der Waals surface area contributed by atoms with Gasteiger partial charge in [0.25, 0.3) is 0 Å². The number of hydrogen-bond donors (Lipinski definition) is 1. The molecule has 0 aromatic carbocycles. The van der Waals surface area contributed by atoms with Crippen molar-refractivity contribution in [2.45, 2.75) is 32.6 Å². The fraction of sp³-hybridized carbons (Fsp3) is 0.867. The number of amides is 1. The first-order chi connectivity index (χ1) is 10.1. The van der Waals surface area contributed by atoms with Gasteiger partial charge in [-0.05, 0) is 37.0 Å². The van der Waals surface area contributed by atoms with Crippen molar-refractivity contribution in [3.63, 3.8) is 0 Å². The van der Waals surface area contributed by atoms with E-state index in [0.717, 1.165) is 18.4 Å². The summed E-state index contributed by atoms with van der Waals surface area (Å²) in [7, 11) is 0. The first-order valence-corrected chi connectivity index (χ1v) is 7.77. The molecular formula is C15H25NO5. The van der Waals surface area contributed by atoms with Gasteiger partial charge in [0, 0.05) is 13.5 Å². The number of alkyl carbamates (subject to hydrolysis) is 1. The van der Waals surface area contributed by atoms with Gasteiger partial charge >= 0.3 is 12.1 Å². The Morgan fingerprint density at radius 2 is 1.81 bits per heavy atom. The SMILES string of the molecule is CC(=O)OCCOCCOC(=O)NCC1CC2CCC1C2. The molecular weight excluding hydrogens is 274 g/mol. The molecule has 2 bridgehead atoms. The molecule has 0 radical (unpaired) electrons. The molecule has 21 heavy (non-hydrogen) atoms. The smallest absolute Gasteiger partial charge is 0.407 e. The maximum absolute atomic E-state index is 11.5. The minimum atomic E-state index is -0.374. The Labute approximate surface area is 125 Å². The minimum absolute atomic E-state index is 0.211. The number of hydrogen-bond acceptors (Lipinski definition) is 5. The maximum Gasteiger partial charge on any atom is 0.407 e. The molecule has 2 fully saturated rings. The van der Waals surface area contributed by atoms with E-state index in [9.17, 15) is 9.59 Å². The van der Waals surface area contributed by atoms with Crippen molar-refractivity contribution < 1.29 is 23.8 Å². The van der Waals surface area contributed by atoms with Gasteiger partial charge in [0.2, 0.25) is 0 Å². The van der Waals surface area contributed by atoms with Crippen molar-refractivity contribution in [2.24, 2.45) is 17.8 Å². The molecule has 6 heteroatoms. The molecule has 1 N–H and O–H groups in total. The topological polar surface area (TPSA) is 73.9 Å². The van der Waals surface area contributed by atoms with Crippen molar-refractivity contribution in [2.75, 3.05) is 33.0 Å².